The van der Waals surface area contributed by atoms with E-state index >= 15 is 0 Å². The molecule has 1 aromatic heterocycles. The SMILES string of the molecule is CNc1ccnc(COc2ccc(Br)cc2C)c1. The Hall–Kier alpha value is -1.55. The molecule has 0 fully saturated rings. The lowest BCUT2D eigenvalue weighted by molar-refractivity contribution is 0.299. The molecule has 0 saturated heterocycles. The Labute approximate surface area is 115 Å². The summed E-state index contributed by atoms with van der Waals surface area (Å²) in [5.41, 5.74) is 3.05. The smallest absolute Gasteiger partial charge is 0.130 e. The molecule has 1 heterocycles. The monoisotopic (exact) mass is 306 g/mol. The lowest BCUT2D eigenvalue weighted by Gasteiger charge is -2.09. The molecule has 0 aliphatic carbocycles. The molecule has 0 spiro atoms. The van der Waals surface area contributed by atoms with E-state index in [1.165, 1.54) is 0 Å². The first-order valence-corrected chi connectivity index (χ1v) is 6.50. The normalized spacial score (nSPS) is 10.2. The number of ether oxygens (including phenoxy) is 1. The molecule has 0 atom stereocenters. The predicted molar refractivity (Wildman–Crippen MR) is 77.0 cm³/mol. The van der Waals surface area contributed by atoms with Gasteiger partial charge in [0.2, 0.25) is 0 Å². The molecule has 94 valence electrons. The zero-order chi connectivity index (χ0) is 13.0. The van der Waals surface area contributed by atoms with Gasteiger partial charge in [-0.25, -0.2) is 0 Å². The second-order valence-electron chi connectivity index (χ2n) is 3.98. The molecular weight excluding hydrogens is 292 g/mol. The molecule has 2 aromatic rings. The number of pyridine rings is 1. The Morgan fingerprint density at radius 2 is 2.11 bits per heavy atom. The van der Waals surface area contributed by atoms with E-state index < -0.39 is 0 Å². The third kappa shape index (κ3) is 3.23. The van der Waals surface area contributed by atoms with Crippen LogP contribution in [0.15, 0.2) is 41.0 Å². The van der Waals surface area contributed by atoms with Crippen molar-refractivity contribution < 1.29 is 4.74 Å². The van der Waals surface area contributed by atoms with Gasteiger partial charge in [-0.3, -0.25) is 4.98 Å². The summed E-state index contributed by atoms with van der Waals surface area (Å²) in [5.74, 6) is 0.884. The van der Waals surface area contributed by atoms with E-state index in [4.69, 9.17) is 4.74 Å². The molecule has 3 nitrogen and oxygen atoms in total. The van der Waals surface area contributed by atoms with Crippen LogP contribution in [0.5, 0.6) is 5.75 Å². The van der Waals surface area contributed by atoms with Gasteiger partial charge in [0.15, 0.2) is 0 Å². The molecule has 2 rings (SSSR count). The minimum absolute atomic E-state index is 0.470. The van der Waals surface area contributed by atoms with Gasteiger partial charge in [0.05, 0.1) is 5.69 Å². The predicted octanol–water partition coefficient (Wildman–Crippen LogP) is 3.77. The number of aromatic nitrogens is 1. The van der Waals surface area contributed by atoms with Crippen LogP contribution in [0.3, 0.4) is 0 Å². The van der Waals surface area contributed by atoms with Crippen LogP contribution in [0, 0.1) is 6.92 Å². The highest BCUT2D eigenvalue weighted by molar-refractivity contribution is 9.10. The molecule has 0 saturated carbocycles. The van der Waals surface area contributed by atoms with E-state index in [0.29, 0.717) is 6.61 Å². The van der Waals surface area contributed by atoms with E-state index in [2.05, 4.69) is 26.2 Å². The Bertz CT molecular complexity index is 543. The van der Waals surface area contributed by atoms with Gasteiger partial charge in [-0.1, -0.05) is 15.9 Å². The van der Waals surface area contributed by atoms with Crippen LogP contribution in [-0.2, 0) is 6.61 Å². The highest BCUT2D eigenvalue weighted by Crippen LogP contribution is 2.23. The Morgan fingerprint density at radius 3 is 2.83 bits per heavy atom. The zero-order valence-electron chi connectivity index (χ0n) is 10.4. The molecule has 4 heteroatoms. The van der Waals surface area contributed by atoms with Crippen molar-refractivity contribution in [3.63, 3.8) is 0 Å². The van der Waals surface area contributed by atoms with Crippen LogP contribution < -0.4 is 10.1 Å². The van der Waals surface area contributed by atoms with Gasteiger partial charge >= 0.3 is 0 Å². The number of nitrogens with one attached hydrogen (secondary N) is 1. The molecule has 1 aromatic carbocycles. The van der Waals surface area contributed by atoms with Crippen molar-refractivity contribution in [3.05, 3.63) is 52.3 Å². The summed E-state index contributed by atoms with van der Waals surface area (Å²) in [6.07, 6.45) is 1.78. The first kappa shape index (κ1) is 12.9. The summed E-state index contributed by atoms with van der Waals surface area (Å²) in [6.45, 7) is 2.50. The zero-order valence-corrected chi connectivity index (χ0v) is 12.0. The van der Waals surface area contributed by atoms with Crippen molar-refractivity contribution in [2.45, 2.75) is 13.5 Å². The number of benzene rings is 1. The number of hydrogen-bond donors (Lipinski definition) is 1. The van der Waals surface area contributed by atoms with Gasteiger partial charge in [0, 0.05) is 23.4 Å². The molecule has 0 unspecified atom stereocenters. The number of rotatable bonds is 4. The fourth-order valence-electron chi connectivity index (χ4n) is 1.64. The van der Waals surface area contributed by atoms with E-state index in [-0.39, 0.29) is 0 Å². The van der Waals surface area contributed by atoms with Crippen LogP contribution in [0.4, 0.5) is 5.69 Å². The van der Waals surface area contributed by atoms with Crippen molar-refractivity contribution in [2.75, 3.05) is 12.4 Å². The fourth-order valence-corrected chi connectivity index (χ4v) is 2.11. The first-order valence-electron chi connectivity index (χ1n) is 5.70. The summed E-state index contributed by atoms with van der Waals surface area (Å²) in [4.78, 5) is 4.28. The molecule has 1 N–H and O–H groups in total. The van der Waals surface area contributed by atoms with Crippen LogP contribution in [-0.4, -0.2) is 12.0 Å². The summed E-state index contributed by atoms with van der Waals surface area (Å²) in [7, 11) is 1.89. The quantitative estimate of drug-likeness (QED) is 0.933. The molecule has 0 radical (unpaired) electrons. The average molecular weight is 307 g/mol. The van der Waals surface area contributed by atoms with Crippen LogP contribution in [0.1, 0.15) is 11.3 Å². The lowest BCUT2D eigenvalue weighted by Crippen LogP contribution is -2.00. The van der Waals surface area contributed by atoms with E-state index in [9.17, 15) is 0 Å². The van der Waals surface area contributed by atoms with Crippen molar-refractivity contribution >= 4 is 21.6 Å². The summed E-state index contributed by atoms with van der Waals surface area (Å²) >= 11 is 3.43. The largest absolute Gasteiger partial charge is 0.487 e. The lowest BCUT2D eigenvalue weighted by atomic mass is 10.2. The number of aryl methyl sites for hydroxylation is 1. The van der Waals surface area contributed by atoms with Gasteiger partial charge in [0.25, 0.3) is 0 Å². The summed E-state index contributed by atoms with van der Waals surface area (Å²) in [6, 6.07) is 9.87. The summed E-state index contributed by atoms with van der Waals surface area (Å²) < 4.78 is 6.82. The van der Waals surface area contributed by atoms with Crippen molar-refractivity contribution in [3.8, 4) is 5.75 Å². The van der Waals surface area contributed by atoms with Crippen molar-refractivity contribution in [1.29, 1.82) is 0 Å². The minimum Gasteiger partial charge on any atom is -0.487 e. The first-order chi connectivity index (χ1) is 8.69. The number of nitrogens with zero attached hydrogens (tertiary/aromatic N) is 1. The molecule has 0 aliphatic rings. The summed E-state index contributed by atoms with van der Waals surface area (Å²) in [5, 5.41) is 3.08. The number of hydrogen-bond acceptors (Lipinski definition) is 3. The van der Waals surface area contributed by atoms with Gasteiger partial charge in [-0.15, -0.1) is 0 Å². The second kappa shape index (κ2) is 5.87. The standard InChI is InChI=1S/C14H15BrN2O/c1-10-7-11(15)3-4-14(10)18-9-13-8-12(16-2)5-6-17-13/h3-8H,9H2,1-2H3,(H,16,17). The van der Waals surface area contributed by atoms with Crippen LogP contribution in [0.2, 0.25) is 0 Å². The van der Waals surface area contributed by atoms with Gasteiger partial charge in [0.1, 0.15) is 12.4 Å². The fraction of sp³-hybridized carbons (Fsp3) is 0.214. The maximum absolute atomic E-state index is 5.77. The second-order valence-corrected chi connectivity index (χ2v) is 4.90. The van der Waals surface area contributed by atoms with Gasteiger partial charge < -0.3 is 10.1 Å². The Morgan fingerprint density at radius 1 is 1.28 bits per heavy atom. The van der Waals surface area contributed by atoms with Gasteiger partial charge in [-0.2, -0.15) is 0 Å². The molecular formula is C14H15BrN2O. The molecule has 0 aliphatic heterocycles. The van der Waals surface area contributed by atoms with Crippen LogP contribution in [0.25, 0.3) is 0 Å². The average Bonchev–Trinajstić information content (AvgIpc) is 2.38. The maximum Gasteiger partial charge on any atom is 0.130 e. The molecule has 18 heavy (non-hydrogen) atoms. The minimum atomic E-state index is 0.470. The van der Waals surface area contributed by atoms with E-state index in [1.807, 2.05) is 44.3 Å². The van der Waals surface area contributed by atoms with Crippen molar-refractivity contribution in [2.24, 2.45) is 0 Å². The third-order valence-electron chi connectivity index (χ3n) is 2.62. The number of anilines is 1. The molecule has 0 bridgehead atoms. The number of halogens is 1. The third-order valence-corrected chi connectivity index (χ3v) is 3.11. The Kier molecular flexibility index (Phi) is 4.20. The van der Waals surface area contributed by atoms with E-state index in [1.54, 1.807) is 6.20 Å². The highest BCUT2D eigenvalue weighted by Gasteiger charge is 2.02. The van der Waals surface area contributed by atoms with Crippen LogP contribution >= 0.6 is 15.9 Å². The highest BCUT2D eigenvalue weighted by atomic mass is 79.9. The topological polar surface area (TPSA) is 34.2 Å². The Balaban J connectivity index is 2.06. The van der Waals surface area contributed by atoms with Gasteiger partial charge in [-0.05, 0) is 42.8 Å². The van der Waals surface area contributed by atoms with E-state index in [0.717, 1.165) is 27.2 Å². The maximum atomic E-state index is 5.77. The molecule has 0 amide bonds. The van der Waals surface area contributed by atoms with Crippen molar-refractivity contribution in [1.82, 2.24) is 4.98 Å².